The summed E-state index contributed by atoms with van der Waals surface area (Å²) in [4.78, 5) is 0. The molecule has 33 heavy (non-hydrogen) atoms. The molecule has 0 aromatic heterocycles. The zero-order valence-electron chi connectivity index (χ0n) is 22.3. The predicted molar refractivity (Wildman–Crippen MR) is 136 cm³/mol. The molecule has 4 aliphatic rings. The van der Waals surface area contributed by atoms with Crippen LogP contribution < -0.4 is 0 Å². The maximum absolute atomic E-state index is 10.0. The van der Waals surface area contributed by atoms with E-state index in [0.717, 1.165) is 25.7 Å². The Morgan fingerprint density at radius 2 is 1.12 bits per heavy atom. The van der Waals surface area contributed by atoms with Crippen molar-refractivity contribution in [2.75, 3.05) is 13.2 Å². The third-order valence-electron chi connectivity index (χ3n) is 10.6. The molecule has 0 aromatic rings. The molecule has 0 aromatic carbocycles. The van der Waals surface area contributed by atoms with E-state index in [1.54, 1.807) is 0 Å². The van der Waals surface area contributed by atoms with E-state index in [-0.39, 0.29) is 35.2 Å². The fourth-order valence-corrected chi connectivity index (χ4v) is 8.40. The van der Waals surface area contributed by atoms with E-state index in [9.17, 15) is 10.2 Å². The first kappa shape index (κ1) is 25.5. The molecule has 0 spiro atoms. The highest BCUT2D eigenvalue weighted by molar-refractivity contribution is 5.24. The van der Waals surface area contributed by atoms with Gasteiger partial charge in [0, 0.05) is 11.8 Å². The van der Waals surface area contributed by atoms with Gasteiger partial charge in [-0.1, -0.05) is 66.5 Å². The minimum Gasteiger partial charge on any atom is -0.392 e. The molecule has 2 saturated carbocycles. The number of aliphatic hydroxyl groups excluding tert-OH is 2. The van der Waals surface area contributed by atoms with Crippen molar-refractivity contribution in [3.05, 3.63) is 23.3 Å². The smallest absolute Gasteiger partial charge is 0.0786 e. The minimum atomic E-state index is -0.184. The Labute approximate surface area is 203 Å². The molecule has 2 unspecified atom stereocenters. The highest BCUT2D eigenvalue weighted by Crippen LogP contribution is 2.61. The minimum absolute atomic E-state index is 0.155. The monoisotopic (exact) mass is 458 g/mol. The Bertz CT molecular complexity index is 713. The van der Waals surface area contributed by atoms with Gasteiger partial charge in [-0.05, 0) is 85.2 Å². The zero-order chi connectivity index (χ0) is 24.1. The quantitative estimate of drug-likeness (QED) is 0.454. The molecular formula is C30H50O3. The number of rotatable bonds is 4. The lowest BCUT2D eigenvalue weighted by atomic mass is 9.58. The molecule has 0 saturated heterocycles. The third-order valence-corrected chi connectivity index (χ3v) is 10.6. The summed E-state index contributed by atoms with van der Waals surface area (Å²) in [7, 11) is 0. The Kier molecular flexibility index (Phi) is 7.02. The largest absolute Gasteiger partial charge is 0.392 e. The van der Waals surface area contributed by atoms with E-state index >= 15 is 0 Å². The summed E-state index contributed by atoms with van der Waals surface area (Å²) < 4.78 is 7.90. The Balaban J connectivity index is 1.87. The van der Waals surface area contributed by atoms with Crippen molar-refractivity contribution >= 4 is 0 Å². The standard InChI is InChI=1S/C30H50O3/c1-21-9-7-13-27(3,4)25-17-23(19-31)11-15-29(21,25)33-30-16-12-24(20-32)18-26(30)28(5,6)14-8-10-22(30)2/h17-18,21-22,25-26,31-32H,7-16,19-20H2,1-6H3/t21?,22?,25-,26-,29-,30-/m1/s1. The Morgan fingerprint density at radius 1 is 0.727 bits per heavy atom. The molecule has 0 heterocycles. The van der Waals surface area contributed by atoms with E-state index in [2.05, 4.69) is 53.7 Å². The first-order valence-electron chi connectivity index (χ1n) is 13.8. The molecule has 2 fully saturated rings. The predicted octanol–water partition coefficient (Wildman–Crippen LogP) is 6.83. The van der Waals surface area contributed by atoms with Crippen LogP contribution in [0.3, 0.4) is 0 Å². The fraction of sp³-hybridized carbons (Fsp3) is 0.867. The molecule has 0 aliphatic heterocycles. The van der Waals surface area contributed by atoms with Crippen molar-refractivity contribution in [1.29, 1.82) is 0 Å². The van der Waals surface area contributed by atoms with E-state index in [1.807, 2.05) is 0 Å². The van der Waals surface area contributed by atoms with Gasteiger partial charge in [0.05, 0.1) is 24.4 Å². The fourth-order valence-electron chi connectivity index (χ4n) is 8.40. The van der Waals surface area contributed by atoms with E-state index in [0.29, 0.717) is 23.7 Å². The topological polar surface area (TPSA) is 49.7 Å². The van der Waals surface area contributed by atoms with Gasteiger partial charge in [0.2, 0.25) is 0 Å². The van der Waals surface area contributed by atoms with Crippen LogP contribution in [-0.2, 0) is 4.74 Å². The SMILES string of the molecule is CC1CCCC(C)(C)[C@H]2C=C(CO)CC[C@@]12O[C@@]12CCC(CO)=C[C@@H]1C(C)(C)CCCC2C. The second-order valence-corrected chi connectivity index (χ2v) is 13.5. The van der Waals surface area contributed by atoms with Gasteiger partial charge < -0.3 is 14.9 Å². The number of fused-ring (bicyclic) bond motifs is 2. The summed E-state index contributed by atoms with van der Waals surface area (Å²) in [6.45, 7) is 15.0. The van der Waals surface area contributed by atoms with Gasteiger partial charge in [0.1, 0.15) is 0 Å². The number of aliphatic hydroxyl groups is 2. The van der Waals surface area contributed by atoms with Gasteiger partial charge in [0.15, 0.2) is 0 Å². The number of hydrogen-bond acceptors (Lipinski definition) is 3. The number of hydrogen-bond donors (Lipinski definition) is 2. The van der Waals surface area contributed by atoms with Crippen LogP contribution in [0.1, 0.15) is 106 Å². The van der Waals surface area contributed by atoms with Crippen molar-refractivity contribution in [1.82, 2.24) is 0 Å². The average molecular weight is 459 g/mol. The molecule has 0 radical (unpaired) electrons. The Morgan fingerprint density at radius 3 is 1.48 bits per heavy atom. The van der Waals surface area contributed by atoms with Crippen LogP contribution in [0.15, 0.2) is 23.3 Å². The molecule has 2 N–H and O–H groups in total. The van der Waals surface area contributed by atoms with Crippen molar-refractivity contribution in [2.45, 2.75) is 117 Å². The lowest BCUT2D eigenvalue weighted by Crippen LogP contribution is -2.62. The van der Waals surface area contributed by atoms with E-state index in [4.69, 9.17) is 4.74 Å². The second-order valence-electron chi connectivity index (χ2n) is 13.5. The van der Waals surface area contributed by atoms with Gasteiger partial charge in [0.25, 0.3) is 0 Å². The highest BCUT2D eigenvalue weighted by Gasteiger charge is 2.60. The van der Waals surface area contributed by atoms with E-state index in [1.165, 1.54) is 49.7 Å². The summed E-state index contributed by atoms with van der Waals surface area (Å²) in [6, 6.07) is 0. The zero-order valence-corrected chi connectivity index (χ0v) is 22.3. The molecule has 6 atom stereocenters. The number of ether oxygens (including phenoxy) is 1. The summed E-state index contributed by atoms with van der Waals surface area (Å²) >= 11 is 0. The first-order chi connectivity index (χ1) is 15.5. The van der Waals surface area contributed by atoms with Gasteiger partial charge in [-0.3, -0.25) is 0 Å². The van der Waals surface area contributed by atoms with Crippen LogP contribution in [0, 0.1) is 34.5 Å². The molecule has 0 bridgehead atoms. The first-order valence-corrected chi connectivity index (χ1v) is 13.8. The third kappa shape index (κ3) is 4.29. The van der Waals surface area contributed by atoms with Gasteiger partial charge >= 0.3 is 0 Å². The summed E-state index contributed by atoms with van der Waals surface area (Å²) in [5, 5.41) is 20.1. The average Bonchev–Trinajstić information content (AvgIpc) is 2.93. The van der Waals surface area contributed by atoms with Crippen molar-refractivity contribution in [3.63, 3.8) is 0 Å². The van der Waals surface area contributed by atoms with Crippen molar-refractivity contribution < 1.29 is 14.9 Å². The Hall–Kier alpha value is -0.640. The molecule has 3 nitrogen and oxygen atoms in total. The summed E-state index contributed by atoms with van der Waals surface area (Å²) in [5.41, 5.74) is 2.35. The molecular weight excluding hydrogens is 408 g/mol. The van der Waals surface area contributed by atoms with Crippen LogP contribution in [-0.4, -0.2) is 34.6 Å². The van der Waals surface area contributed by atoms with Crippen LogP contribution >= 0.6 is 0 Å². The van der Waals surface area contributed by atoms with Gasteiger partial charge in [-0.2, -0.15) is 0 Å². The normalized spacial score (nSPS) is 42.8. The lowest BCUT2D eigenvalue weighted by molar-refractivity contribution is -0.258. The molecule has 3 heteroatoms. The highest BCUT2D eigenvalue weighted by atomic mass is 16.5. The lowest BCUT2D eigenvalue weighted by Gasteiger charge is -2.60. The second kappa shape index (κ2) is 9.10. The van der Waals surface area contributed by atoms with Crippen LogP contribution in [0.2, 0.25) is 0 Å². The maximum Gasteiger partial charge on any atom is 0.0786 e. The molecule has 0 amide bonds. The molecule has 4 aliphatic carbocycles. The van der Waals surface area contributed by atoms with Crippen LogP contribution in [0.25, 0.3) is 0 Å². The summed E-state index contributed by atoms with van der Waals surface area (Å²) in [6.07, 6.45) is 16.2. The molecule has 4 rings (SSSR count). The summed E-state index contributed by atoms with van der Waals surface area (Å²) in [5.74, 6) is 1.65. The van der Waals surface area contributed by atoms with Crippen molar-refractivity contribution in [3.8, 4) is 0 Å². The van der Waals surface area contributed by atoms with Crippen LogP contribution in [0.4, 0.5) is 0 Å². The van der Waals surface area contributed by atoms with E-state index < -0.39 is 0 Å². The maximum atomic E-state index is 10.0. The van der Waals surface area contributed by atoms with Crippen molar-refractivity contribution in [2.24, 2.45) is 34.5 Å². The van der Waals surface area contributed by atoms with Crippen LogP contribution in [0.5, 0.6) is 0 Å². The molecule has 188 valence electrons. The van der Waals surface area contributed by atoms with Gasteiger partial charge in [-0.15, -0.1) is 0 Å². The van der Waals surface area contributed by atoms with Gasteiger partial charge in [-0.25, -0.2) is 0 Å².